The van der Waals surface area contributed by atoms with E-state index in [0.29, 0.717) is 4.99 Å². The predicted molar refractivity (Wildman–Crippen MR) is 76.9 cm³/mol. The molecule has 0 atom stereocenters. The third-order valence-corrected chi connectivity index (χ3v) is 2.66. The lowest BCUT2D eigenvalue weighted by molar-refractivity contribution is -0.114. The van der Waals surface area contributed by atoms with Gasteiger partial charge in [0.15, 0.2) is 0 Å². The first-order valence-corrected chi connectivity index (χ1v) is 6.19. The molecule has 0 aliphatic heterocycles. The van der Waals surface area contributed by atoms with E-state index in [1.54, 1.807) is 7.11 Å². The predicted octanol–water partition coefficient (Wildman–Crippen LogP) is 1.95. The molecule has 18 heavy (non-hydrogen) atoms. The molecule has 1 rings (SSSR count). The van der Waals surface area contributed by atoms with Gasteiger partial charge in [0.05, 0.1) is 0 Å². The molecule has 0 aliphatic carbocycles. The fourth-order valence-corrected chi connectivity index (χ4v) is 1.67. The van der Waals surface area contributed by atoms with E-state index < -0.39 is 0 Å². The number of benzene rings is 1. The highest BCUT2D eigenvalue weighted by Gasteiger charge is 2.01. The molecule has 0 saturated carbocycles. The number of ether oxygens (including phenoxy) is 1. The molecule has 1 aromatic rings. The van der Waals surface area contributed by atoms with Gasteiger partial charge in [-0.2, -0.15) is 0 Å². The van der Waals surface area contributed by atoms with Gasteiger partial charge in [-0.1, -0.05) is 12.2 Å². The normalized spacial score (nSPS) is 9.89. The molecule has 0 radical (unpaired) electrons. The van der Waals surface area contributed by atoms with Crippen molar-refractivity contribution in [1.82, 2.24) is 5.32 Å². The molecule has 5 heteroatoms. The maximum Gasteiger partial charge on any atom is 0.221 e. The SMILES string of the molecule is COCCCNC(=S)c1ccc(NC(C)=O)cc1. The first kappa shape index (κ1) is 14.6. The van der Waals surface area contributed by atoms with Gasteiger partial charge in [-0.15, -0.1) is 0 Å². The lowest BCUT2D eigenvalue weighted by atomic mass is 10.2. The maximum absolute atomic E-state index is 10.9. The molecule has 0 bridgehead atoms. The molecule has 1 aromatic carbocycles. The highest BCUT2D eigenvalue weighted by molar-refractivity contribution is 7.80. The number of carbonyl (C=O) groups excluding carboxylic acids is 1. The number of rotatable bonds is 6. The summed E-state index contributed by atoms with van der Waals surface area (Å²) < 4.78 is 4.96. The fraction of sp³-hybridized carbons (Fsp3) is 0.385. The zero-order chi connectivity index (χ0) is 13.4. The minimum absolute atomic E-state index is 0.0805. The van der Waals surface area contributed by atoms with Gasteiger partial charge in [-0.3, -0.25) is 4.79 Å². The quantitative estimate of drug-likeness (QED) is 0.610. The number of hydrogen-bond acceptors (Lipinski definition) is 3. The average Bonchev–Trinajstić information content (AvgIpc) is 2.34. The Hall–Kier alpha value is -1.46. The highest BCUT2D eigenvalue weighted by Crippen LogP contribution is 2.09. The first-order valence-electron chi connectivity index (χ1n) is 5.78. The van der Waals surface area contributed by atoms with Crippen LogP contribution in [0, 0.1) is 0 Å². The number of amides is 1. The van der Waals surface area contributed by atoms with E-state index in [1.165, 1.54) is 6.92 Å². The Morgan fingerprint density at radius 2 is 2.00 bits per heavy atom. The second kappa shape index (κ2) is 7.79. The Kier molecular flexibility index (Phi) is 6.32. The highest BCUT2D eigenvalue weighted by atomic mass is 32.1. The van der Waals surface area contributed by atoms with Crippen molar-refractivity contribution in [1.29, 1.82) is 0 Å². The lowest BCUT2D eigenvalue weighted by Crippen LogP contribution is -2.24. The summed E-state index contributed by atoms with van der Waals surface area (Å²) in [5.41, 5.74) is 1.71. The molecular formula is C13H18N2O2S. The van der Waals surface area contributed by atoms with Gasteiger partial charge in [0.25, 0.3) is 0 Å². The van der Waals surface area contributed by atoms with Gasteiger partial charge in [-0.25, -0.2) is 0 Å². The van der Waals surface area contributed by atoms with Crippen molar-refractivity contribution < 1.29 is 9.53 Å². The van der Waals surface area contributed by atoms with E-state index in [0.717, 1.165) is 30.8 Å². The van der Waals surface area contributed by atoms with Gasteiger partial charge < -0.3 is 15.4 Å². The molecule has 0 saturated heterocycles. The summed E-state index contributed by atoms with van der Waals surface area (Å²) in [5, 5.41) is 5.87. The number of carbonyl (C=O) groups is 1. The third kappa shape index (κ3) is 5.25. The molecule has 98 valence electrons. The van der Waals surface area contributed by atoms with Crippen LogP contribution in [-0.4, -0.2) is 31.2 Å². The van der Waals surface area contributed by atoms with Crippen LogP contribution in [-0.2, 0) is 9.53 Å². The summed E-state index contributed by atoms with van der Waals surface area (Å²) in [6.45, 7) is 2.99. The average molecular weight is 266 g/mol. The zero-order valence-electron chi connectivity index (χ0n) is 10.7. The van der Waals surface area contributed by atoms with E-state index >= 15 is 0 Å². The van der Waals surface area contributed by atoms with Crippen molar-refractivity contribution in [2.24, 2.45) is 0 Å². The van der Waals surface area contributed by atoms with Crippen LogP contribution < -0.4 is 10.6 Å². The molecule has 4 nitrogen and oxygen atoms in total. The van der Waals surface area contributed by atoms with Crippen LogP contribution in [0.3, 0.4) is 0 Å². The van der Waals surface area contributed by atoms with Crippen molar-refractivity contribution in [2.45, 2.75) is 13.3 Å². The van der Waals surface area contributed by atoms with Crippen LogP contribution in [0.15, 0.2) is 24.3 Å². The zero-order valence-corrected chi connectivity index (χ0v) is 11.5. The van der Waals surface area contributed by atoms with E-state index in [9.17, 15) is 4.79 Å². The van der Waals surface area contributed by atoms with Crippen LogP contribution in [0.25, 0.3) is 0 Å². The minimum Gasteiger partial charge on any atom is -0.385 e. The molecular weight excluding hydrogens is 248 g/mol. The van der Waals surface area contributed by atoms with Crippen molar-refractivity contribution in [3.8, 4) is 0 Å². The molecule has 0 heterocycles. The van der Waals surface area contributed by atoms with Gasteiger partial charge in [-0.05, 0) is 30.7 Å². The van der Waals surface area contributed by atoms with Crippen LogP contribution in [0.2, 0.25) is 0 Å². The first-order chi connectivity index (χ1) is 8.63. The van der Waals surface area contributed by atoms with E-state index in [1.807, 2.05) is 24.3 Å². The van der Waals surface area contributed by atoms with Gasteiger partial charge in [0.1, 0.15) is 4.99 Å². The molecule has 0 aromatic heterocycles. The van der Waals surface area contributed by atoms with Crippen LogP contribution in [0.5, 0.6) is 0 Å². The number of thiocarbonyl (C=S) groups is 1. The molecule has 0 spiro atoms. The topological polar surface area (TPSA) is 50.4 Å². The summed E-state index contributed by atoms with van der Waals surface area (Å²) in [6, 6.07) is 7.44. The van der Waals surface area contributed by atoms with Crippen molar-refractivity contribution >= 4 is 28.8 Å². The lowest BCUT2D eigenvalue weighted by Gasteiger charge is -2.08. The molecule has 2 N–H and O–H groups in total. The third-order valence-electron chi connectivity index (χ3n) is 2.28. The van der Waals surface area contributed by atoms with E-state index in [4.69, 9.17) is 17.0 Å². The number of hydrogen-bond donors (Lipinski definition) is 2. The molecule has 1 amide bonds. The molecule has 0 fully saturated rings. The van der Waals surface area contributed by atoms with E-state index in [-0.39, 0.29) is 5.91 Å². The molecule has 0 unspecified atom stereocenters. The van der Waals surface area contributed by atoms with E-state index in [2.05, 4.69) is 10.6 Å². The monoisotopic (exact) mass is 266 g/mol. The number of anilines is 1. The molecule has 0 aliphatic rings. The van der Waals surface area contributed by atoms with Gasteiger partial charge >= 0.3 is 0 Å². The largest absolute Gasteiger partial charge is 0.385 e. The Labute approximate surface area is 113 Å². The standard InChI is InChI=1S/C13H18N2O2S/c1-10(16)15-12-6-4-11(5-7-12)13(18)14-8-3-9-17-2/h4-7H,3,8-9H2,1-2H3,(H,14,18)(H,15,16). The summed E-state index contributed by atoms with van der Waals surface area (Å²) in [6.07, 6.45) is 0.917. The maximum atomic E-state index is 10.9. The van der Waals surface area contributed by atoms with Crippen LogP contribution in [0.1, 0.15) is 18.9 Å². The second-order valence-electron chi connectivity index (χ2n) is 3.86. The summed E-state index contributed by atoms with van der Waals surface area (Å²) in [7, 11) is 1.68. The Morgan fingerprint density at radius 1 is 1.33 bits per heavy atom. The number of nitrogens with one attached hydrogen (secondary N) is 2. The smallest absolute Gasteiger partial charge is 0.221 e. The summed E-state index contributed by atoms with van der Waals surface area (Å²) >= 11 is 5.26. The summed E-state index contributed by atoms with van der Waals surface area (Å²) in [4.78, 5) is 11.6. The van der Waals surface area contributed by atoms with Crippen molar-refractivity contribution in [3.63, 3.8) is 0 Å². The van der Waals surface area contributed by atoms with Crippen molar-refractivity contribution in [2.75, 3.05) is 25.6 Å². The Morgan fingerprint density at radius 3 is 2.56 bits per heavy atom. The van der Waals surface area contributed by atoms with Crippen LogP contribution >= 0.6 is 12.2 Å². The van der Waals surface area contributed by atoms with Gasteiger partial charge in [0, 0.05) is 38.4 Å². The second-order valence-corrected chi connectivity index (χ2v) is 4.27. The van der Waals surface area contributed by atoms with Crippen molar-refractivity contribution in [3.05, 3.63) is 29.8 Å². The van der Waals surface area contributed by atoms with Gasteiger partial charge in [0.2, 0.25) is 5.91 Å². The minimum atomic E-state index is -0.0805. The summed E-state index contributed by atoms with van der Waals surface area (Å²) in [5.74, 6) is -0.0805. The number of methoxy groups -OCH3 is 1. The fourth-order valence-electron chi connectivity index (χ4n) is 1.43. The Balaban J connectivity index is 2.46. The Bertz CT molecular complexity index is 404. The van der Waals surface area contributed by atoms with Crippen LogP contribution in [0.4, 0.5) is 5.69 Å².